The first-order valence-corrected chi connectivity index (χ1v) is 7.08. The Labute approximate surface area is 139 Å². The summed E-state index contributed by atoms with van der Waals surface area (Å²) in [6.45, 7) is 2.97. The van der Waals surface area contributed by atoms with Crippen molar-refractivity contribution in [1.29, 1.82) is 5.26 Å². The maximum absolute atomic E-state index is 13.6. The summed E-state index contributed by atoms with van der Waals surface area (Å²) in [4.78, 5) is 23.9. The van der Waals surface area contributed by atoms with E-state index in [4.69, 9.17) is 5.26 Å². The van der Waals surface area contributed by atoms with Crippen molar-refractivity contribution < 1.29 is 31.5 Å². The normalized spacial score (nSPS) is 11.8. The van der Waals surface area contributed by atoms with Gasteiger partial charge in [-0.1, -0.05) is 13.8 Å². The molecule has 0 aliphatic carbocycles. The zero-order valence-corrected chi connectivity index (χ0v) is 13.2. The van der Waals surface area contributed by atoms with Gasteiger partial charge in [-0.05, 0) is 12.3 Å². The number of hydrogen-bond acceptors (Lipinski definition) is 3. The third-order valence-corrected chi connectivity index (χ3v) is 3.11. The van der Waals surface area contributed by atoms with Crippen molar-refractivity contribution in [1.82, 2.24) is 10.6 Å². The molecule has 2 N–H and O–H groups in total. The van der Waals surface area contributed by atoms with E-state index in [9.17, 15) is 31.5 Å². The summed E-state index contributed by atoms with van der Waals surface area (Å²) in [7, 11) is 0. The highest BCUT2D eigenvalue weighted by Gasteiger charge is 2.32. The Morgan fingerprint density at radius 1 is 1.00 bits per heavy atom. The molecule has 1 rings (SSSR count). The number of carbonyl (C=O) groups is 2. The molecule has 0 heterocycles. The second-order valence-electron chi connectivity index (χ2n) is 5.48. The zero-order chi connectivity index (χ0) is 19.3. The second kappa shape index (κ2) is 8.41. The Morgan fingerprint density at radius 2 is 1.48 bits per heavy atom. The predicted molar refractivity (Wildman–Crippen MR) is 75.6 cm³/mol. The summed E-state index contributed by atoms with van der Waals surface area (Å²) in [5.74, 6) is -14.1. The van der Waals surface area contributed by atoms with Crippen LogP contribution >= 0.6 is 0 Å². The predicted octanol–water partition coefficient (Wildman–Crippen LogP) is 2.17. The molecule has 0 unspecified atom stereocenters. The summed E-state index contributed by atoms with van der Waals surface area (Å²) in [5, 5.41) is 12.5. The summed E-state index contributed by atoms with van der Waals surface area (Å²) in [6.07, 6.45) is 0.0123. The summed E-state index contributed by atoms with van der Waals surface area (Å²) >= 11 is 0. The van der Waals surface area contributed by atoms with E-state index in [1.165, 1.54) is 0 Å². The van der Waals surface area contributed by atoms with Gasteiger partial charge in [0, 0.05) is 0 Å². The van der Waals surface area contributed by atoms with E-state index in [0.29, 0.717) is 0 Å². The Balaban J connectivity index is 3.17. The molecule has 136 valence electrons. The summed E-state index contributed by atoms with van der Waals surface area (Å²) in [6, 6.07) is 0.302. The van der Waals surface area contributed by atoms with Crippen molar-refractivity contribution in [3.8, 4) is 6.07 Å². The van der Waals surface area contributed by atoms with Crippen molar-refractivity contribution in [3.63, 3.8) is 0 Å². The van der Waals surface area contributed by atoms with Crippen LogP contribution in [0.3, 0.4) is 0 Å². The minimum Gasteiger partial charge on any atom is -0.341 e. The molecule has 0 aromatic heterocycles. The van der Waals surface area contributed by atoms with Crippen LogP contribution in [0.5, 0.6) is 0 Å². The van der Waals surface area contributed by atoms with Crippen LogP contribution in [0.1, 0.15) is 30.6 Å². The van der Waals surface area contributed by atoms with Crippen molar-refractivity contribution >= 4 is 11.8 Å². The van der Waals surface area contributed by atoms with E-state index in [2.05, 4.69) is 5.32 Å². The topological polar surface area (TPSA) is 82.0 Å². The minimum absolute atomic E-state index is 0.0123. The van der Waals surface area contributed by atoms with Crippen LogP contribution in [0.25, 0.3) is 0 Å². The highest BCUT2D eigenvalue weighted by atomic mass is 19.2. The van der Waals surface area contributed by atoms with Gasteiger partial charge >= 0.3 is 0 Å². The van der Waals surface area contributed by atoms with Gasteiger partial charge in [0.25, 0.3) is 5.91 Å². The Kier molecular flexibility index (Phi) is 6.85. The maximum atomic E-state index is 13.6. The summed E-state index contributed by atoms with van der Waals surface area (Å²) in [5.41, 5.74) is -1.68. The van der Waals surface area contributed by atoms with Gasteiger partial charge in [-0.3, -0.25) is 9.59 Å². The van der Waals surface area contributed by atoms with E-state index in [1.54, 1.807) is 19.9 Å². The van der Waals surface area contributed by atoms with Crippen LogP contribution in [0.15, 0.2) is 0 Å². The number of halogens is 5. The molecule has 0 saturated heterocycles. The first-order valence-electron chi connectivity index (χ1n) is 7.08. The third kappa shape index (κ3) is 4.65. The van der Waals surface area contributed by atoms with Crippen molar-refractivity contribution in [2.75, 3.05) is 6.54 Å². The number of nitrogens with zero attached hydrogens (tertiary/aromatic N) is 1. The molecule has 25 heavy (non-hydrogen) atoms. The molecule has 0 fully saturated rings. The van der Waals surface area contributed by atoms with Crippen LogP contribution in [-0.4, -0.2) is 24.4 Å². The smallest absolute Gasteiger partial charge is 0.258 e. The van der Waals surface area contributed by atoms with E-state index in [0.717, 1.165) is 0 Å². The average molecular weight is 363 g/mol. The first-order chi connectivity index (χ1) is 11.6. The van der Waals surface area contributed by atoms with E-state index in [-0.39, 0.29) is 18.9 Å². The fourth-order valence-corrected chi connectivity index (χ4v) is 1.99. The molecule has 0 radical (unpaired) electrons. The molecule has 2 amide bonds. The Morgan fingerprint density at radius 3 is 1.92 bits per heavy atom. The van der Waals surface area contributed by atoms with Crippen LogP contribution in [0.4, 0.5) is 22.0 Å². The molecular formula is C15H14F5N3O2. The maximum Gasteiger partial charge on any atom is 0.258 e. The van der Waals surface area contributed by atoms with Gasteiger partial charge in [0.05, 0.1) is 6.07 Å². The molecular weight excluding hydrogens is 349 g/mol. The Hall–Kier alpha value is -2.70. The van der Waals surface area contributed by atoms with Crippen molar-refractivity contribution in [3.05, 3.63) is 34.6 Å². The molecule has 1 atom stereocenters. The lowest BCUT2D eigenvalue weighted by molar-refractivity contribution is -0.123. The van der Waals surface area contributed by atoms with E-state index in [1.807, 2.05) is 5.32 Å². The van der Waals surface area contributed by atoms with Gasteiger partial charge in [-0.25, -0.2) is 22.0 Å². The van der Waals surface area contributed by atoms with Crippen molar-refractivity contribution in [2.24, 2.45) is 5.92 Å². The first kappa shape index (κ1) is 20.3. The lowest BCUT2D eigenvalue weighted by Gasteiger charge is -2.20. The highest BCUT2D eigenvalue weighted by molar-refractivity contribution is 5.98. The summed E-state index contributed by atoms with van der Waals surface area (Å²) < 4.78 is 66.7. The number of amides is 2. The standard InChI is InChI=1S/C15H14F5N3O2/c1-6(2)5-7(14(24)22-4-3-21)23-15(25)8-9(16)11(18)13(20)12(19)10(8)17/h6-7H,4-5H2,1-2H3,(H,22,24)(H,23,25)/t7-/m0/s1. The lowest BCUT2D eigenvalue weighted by Crippen LogP contribution is -2.48. The van der Waals surface area contributed by atoms with Gasteiger partial charge < -0.3 is 10.6 Å². The number of rotatable bonds is 6. The number of nitrogens with one attached hydrogen (secondary N) is 2. The molecule has 10 heteroatoms. The molecule has 1 aromatic rings. The third-order valence-electron chi connectivity index (χ3n) is 3.11. The van der Waals surface area contributed by atoms with Gasteiger partial charge in [0.15, 0.2) is 23.3 Å². The van der Waals surface area contributed by atoms with Gasteiger partial charge in [-0.15, -0.1) is 0 Å². The Bertz CT molecular complexity index is 702. The number of hydrogen-bond donors (Lipinski definition) is 2. The largest absolute Gasteiger partial charge is 0.341 e. The molecule has 0 bridgehead atoms. The molecule has 0 aliphatic rings. The fraction of sp³-hybridized carbons (Fsp3) is 0.400. The van der Waals surface area contributed by atoms with E-state index < -0.39 is 52.5 Å². The molecule has 1 aromatic carbocycles. The van der Waals surface area contributed by atoms with Crippen LogP contribution in [0.2, 0.25) is 0 Å². The highest BCUT2D eigenvalue weighted by Crippen LogP contribution is 2.23. The SMILES string of the molecule is CC(C)C[C@H](NC(=O)c1c(F)c(F)c(F)c(F)c1F)C(=O)NCC#N. The quantitative estimate of drug-likeness (QED) is 0.352. The molecule has 0 saturated carbocycles. The van der Waals surface area contributed by atoms with E-state index >= 15 is 0 Å². The number of benzene rings is 1. The molecule has 5 nitrogen and oxygen atoms in total. The monoisotopic (exact) mass is 363 g/mol. The molecule has 0 aliphatic heterocycles. The fourth-order valence-electron chi connectivity index (χ4n) is 1.99. The minimum atomic E-state index is -2.39. The number of carbonyl (C=O) groups excluding carboxylic acids is 2. The lowest BCUT2D eigenvalue weighted by atomic mass is 10.0. The average Bonchev–Trinajstić information content (AvgIpc) is 2.55. The number of nitriles is 1. The second-order valence-corrected chi connectivity index (χ2v) is 5.48. The van der Waals surface area contributed by atoms with Crippen LogP contribution < -0.4 is 10.6 Å². The zero-order valence-electron chi connectivity index (χ0n) is 13.2. The van der Waals surface area contributed by atoms with Crippen LogP contribution in [0, 0.1) is 46.3 Å². The van der Waals surface area contributed by atoms with Gasteiger partial charge in [0.1, 0.15) is 18.2 Å². The van der Waals surface area contributed by atoms with Crippen LogP contribution in [-0.2, 0) is 4.79 Å². The molecule has 0 spiro atoms. The van der Waals surface area contributed by atoms with Gasteiger partial charge in [-0.2, -0.15) is 5.26 Å². The van der Waals surface area contributed by atoms with Crippen molar-refractivity contribution in [2.45, 2.75) is 26.3 Å². The van der Waals surface area contributed by atoms with Gasteiger partial charge in [0.2, 0.25) is 11.7 Å².